The highest BCUT2D eigenvalue weighted by molar-refractivity contribution is 5.76. The third kappa shape index (κ3) is 10.4. The second-order valence-corrected chi connectivity index (χ2v) is 14.5. The van der Waals surface area contributed by atoms with E-state index >= 15 is 0 Å². The Labute approximate surface area is 214 Å². The first-order valence-electron chi connectivity index (χ1n) is 12.7. The molecule has 0 aromatic carbocycles. The molecule has 0 rings (SSSR count). The van der Waals surface area contributed by atoms with Crippen LogP contribution in [-0.2, 0) is 23.8 Å². The smallest absolute Gasteiger partial charge is 0.312 e. The van der Waals surface area contributed by atoms with E-state index in [0.717, 1.165) is 0 Å². The van der Waals surface area contributed by atoms with E-state index in [0.29, 0.717) is 26.1 Å². The van der Waals surface area contributed by atoms with Gasteiger partial charge in [0.05, 0.1) is 50.5 Å². The zero-order valence-corrected chi connectivity index (χ0v) is 24.6. The minimum absolute atomic E-state index is 0.114. The second-order valence-electron chi connectivity index (χ2n) is 14.5. The van der Waals surface area contributed by atoms with E-state index in [4.69, 9.17) is 14.2 Å². The van der Waals surface area contributed by atoms with Crippen molar-refractivity contribution in [1.82, 2.24) is 0 Å². The van der Waals surface area contributed by atoms with Gasteiger partial charge in [-0.05, 0) is 34.5 Å². The van der Waals surface area contributed by atoms with Crippen molar-refractivity contribution in [3.05, 3.63) is 0 Å². The van der Waals surface area contributed by atoms with Gasteiger partial charge >= 0.3 is 11.9 Å². The minimum atomic E-state index is -1.01. The summed E-state index contributed by atoms with van der Waals surface area (Å²) in [5.74, 6) is -1.68. The van der Waals surface area contributed by atoms with E-state index < -0.39 is 33.6 Å². The molecule has 0 radical (unpaired) electrons. The summed E-state index contributed by atoms with van der Waals surface area (Å²) in [6.07, 6.45) is 1.00. The molecule has 0 aliphatic rings. The van der Waals surface area contributed by atoms with Crippen LogP contribution in [0.4, 0.5) is 0 Å². The first-order chi connectivity index (χ1) is 15.5. The Morgan fingerprint density at radius 3 is 0.971 bits per heavy atom. The van der Waals surface area contributed by atoms with Gasteiger partial charge in [-0.1, -0.05) is 83.1 Å². The van der Waals surface area contributed by atoms with Crippen molar-refractivity contribution >= 4 is 11.9 Å². The van der Waals surface area contributed by atoms with Crippen molar-refractivity contribution < 1.29 is 34.0 Å². The van der Waals surface area contributed by atoms with Crippen molar-refractivity contribution in [2.24, 2.45) is 32.5 Å². The molecule has 0 saturated heterocycles. The quantitative estimate of drug-likeness (QED) is 0.275. The van der Waals surface area contributed by atoms with Crippen molar-refractivity contribution in [3.63, 3.8) is 0 Å². The van der Waals surface area contributed by atoms with Gasteiger partial charge in [0.2, 0.25) is 0 Å². The van der Waals surface area contributed by atoms with E-state index in [9.17, 15) is 19.8 Å². The molecule has 0 heterocycles. The van der Waals surface area contributed by atoms with Crippen LogP contribution in [0.5, 0.6) is 0 Å². The molecule has 0 aromatic rings. The fourth-order valence-corrected chi connectivity index (χ4v) is 4.62. The predicted octanol–water partition coefficient (Wildman–Crippen LogP) is 6.14. The van der Waals surface area contributed by atoms with E-state index in [-0.39, 0.29) is 37.3 Å². The van der Waals surface area contributed by atoms with E-state index in [1.165, 1.54) is 0 Å². The molecule has 0 bridgehead atoms. The molecule has 7 nitrogen and oxygen atoms in total. The maximum absolute atomic E-state index is 12.3. The topological polar surface area (TPSA) is 102 Å². The number of aliphatic carboxylic acids is 2. The van der Waals surface area contributed by atoms with Gasteiger partial charge in [-0.25, -0.2) is 0 Å². The molecule has 35 heavy (non-hydrogen) atoms. The number of carboxylic acid groups (broad SMARTS) is 2. The van der Waals surface area contributed by atoms with Crippen LogP contribution in [0.25, 0.3) is 0 Å². The van der Waals surface area contributed by atoms with Crippen LogP contribution in [0.2, 0.25) is 0 Å². The van der Waals surface area contributed by atoms with Gasteiger partial charge in [0.15, 0.2) is 0 Å². The van der Waals surface area contributed by atoms with Crippen LogP contribution in [0, 0.1) is 32.5 Å². The fourth-order valence-electron chi connectivity index (χ4n) is 4.62. The highest BCUT2D eigenvalue weighted by Gasteiger charge is 2.52. The molecule has 0 aromatic heterocycles. The summed E-state index contributed by atoms with van der Waals surface area (Å²) in [7, 11) is 0. The lowest BCUT2D eigenvalue weighted by atomic mass is 9.60. The molecule has 2 N–H and O–H groups in total. The standard InChI is InChI=1S/C28H54O7/c1-23(2,3)17-27(21(29)30,25(7,8)9)19-34-15-13-33-14-16-35-20-28(22(31)32,26(10,11)12)18-24(4,5)6/h13-20H2,1-12H3,(H,29,30)(H,31,32). The number of ether oxygens (including phenoxy) is 3. The molecule has 0 amide bonds. The lowest BCUT2D eigenvalue weighted by Gasteiger charge is -2.44. The van der Waals surface area contributed by atoms with Crippen LogP contribution in [0.15, 0.2) is 0 Å². The monoisotopic (exact) mass is 502 g/mol. The summed E-state index contributed by atoms with van der Waals surface area (Å²) in [5, 5.41) is 20.2. The summed E-state index contributed by atoms with van der Waals surface area (Å²) in [6.45, 7) is 25.3. The maximum Gasteiger partial charge on any atom is 0.312 e. The van der Waals surface area contributed by atoms with Crippen molar-refractivity contribution in [3.8, 4) is 0 Å². The molecule has 0 aliphatic heterocycles. The highest BCUT2D eigenvalue weighted by atomic mass is 16.5. The zero-order valence-electron chi connectivity index (χ0n) is 24.6. The summed E-state index contributed by atoms with van der Waals surface area (Å²) >= 11 is 0. The Balaban J connectivity index is 4.78. The summed E-state index contributed by atoms with van der Waals surface area (Å²) < 4.78 is 17.2. The maximum atomic E-state index is 12.3. The summed E-state index contributed by atoms with van der Waals surface area (Å²) in [4.78, 5) is 24.6. The largest absolute Gasteiger partial charge is 0.481 e. The van der Waals surface area contributed by atoms with Gasteiger partial charge in [0.25, 0.3) is 0 Å². The third-order valence-electron chi connectivity index (χ3n) is 6.80. The molecule has 0 fully saturated rings. The van der Waals surface area contributed by atoms with E-state index in [1.807, 2.05) is 83.1 Å². The lowest BCUT2D eigenvalue weighted by Crippen LogP contribution is -2.49. The molecular formula is C28H54O7. The number of carbonyl (C=O) groups is 2. The molecule has 7 heteroatoms. The number of carboxylic acids is 2. The molecule has 0 spiro atoms. The normalized spacial score (nSPS) is 17.0. The number of hydrogen-bond acceptors (Lipinski definition) is 5. The first-order valence-corrected chi connectivity index (χ1v) is 12.7. The van der Waals surface area contributed by atoms with Gasteiger partial charge in [-0.15, -0.1) is 0 Å². The average molecular weight is 503 g/mol. The first kappa shape index (κ1) is 33.8. The number of hydrogen-bond donors (Lipinski definition) is 2. The summed E-state index contributed by atoms with van der Waals surface area (Å²) in [5.41, 5.74) is -3.28. The molecule has 0 aliphatic carbocycles. The van der Waals surface area contributed by atoms with Crippen LogP contribution in [0.3, 0.4) is 0 Å². The van der Waals surface area contributed by atoms with Gasteiger partial charge < -0.3 is 24.4 Å². The average Bonchev–Trinajstić information content (AvgIpc) is 2.60. The Morgan fingerprint density at radius 2 is 0.771 bits per heavy atom. The second kappa shape index (κ2) is 12.4. The Bertz CT molecular complexity index is 615. The predicted molar refractivity (Wildman–Crippen MR) is 140 cm³/mol. The van der Waals surface area contributed by atoms with Crippen LogP contribution < -0.4 is 0 Å². The number of rotatable bonds is 14. The zero-order chi connectivity index (χ0) is 27.9. The molecule has 2 atom stereocenters. The van der Waals surface area contributed by atoms with Crippen LogP contribution in [0.1, 0.15) is 95.9 Å². The fraction of sp³-hybridized carbons (Fsp3) is 0.929. The van der Waals surface area contributed by atoms with Crippen molar-refractivity contribution in [2.75, 3.05) is 39.6 Å². The SMILES string of the molecule is CC(C)(C)CC(COCCOCCOCC(CC(C)(C)C)(C(=O)O)C(C)(C)C)(C(=O)O)C(C)(C)C. The van der Waals surface area contributed by atoms with Crippen molar-refractivity contribution in [2.45, 2.75) is 95.9 Å². The van der Waals surface area contributed by atoms with Crippen LogP contribution in [-0.4, -0.2) is 61.8 Å². The minimum Gasteiger partial charge on any atom is -0.481 e. The lowest BCUT2D eigenvalue weighted by molar-refractivity contribution is -0.167. The Kier molecular flexibility index (Phi) is 12.0. The third-order valence-corrected chi connectivity index (χ3v) is 6.80. The highest BCUT2D eigenvalue weighted by Crippen LogP contribution is 2.48. The Hall–Kier alpha value is -1.18. The van der Waals surface area contributed by atoms with Gasteiger partial charge in [-0.3, -0.25) is 9.59 Å². The van der Waals surface area contributed by atoms with Gasteiger partial charge in [0, 0.05) is 0 Å². The Morgan fingerprint density at radius 1 is 0.514 bits per heavy atom. The van der Waals surface area contributed by atoms with Gasteiger partial charge in [-0.2, -0.15) is 0 Å². The molecular weight excluding hydrogens is 448 g/mol. The van der Waals surface area contributed by atoms with Crippen LogP contribution >= 0.6 is 0 Å². The van der Waals surface area contributed by atoms with Crippen molar-refractivity contribution in [1.29, 1.82) is 0 Å². The molecule has 2 unspecified atom stereocenters. The molecule has 0 saturated carbocycles. The summed E-state index contributed by atoms with van der Waals surface area (Å²) in [6, 6.07) is 0. The van der Waals surface area contributed by atoms with Gasteiger partial charge in [0.1, 0.15) is 0 Å². The molecule has 208 valence electrons. The van der Waals surface area contributed by atoms with E-state index in [1.54, 1.807) is 0 Å². The van der Waals surface area contributed by atoms with E-state index in [2.05, 4.69) is 0 Å².